The first-order valence-electron chi connectivity index (χ1n) is 2.71. The van der Waals surface area contributed by atoms with E-state index in [2.05, 4.69) is 15.9 Å². The maximum Gasteiger partial charge on any atom is 0.172 e. The lowest BCUT2D eigenvalue weighted by Gasteiger charge is -1.95. The second-order valence-corrected chi connectivity index (χ2v) is 3.64. The zero-order chi connectivity index (χ0) is 8.43. The molecular weight excluding hydrogens is 235 g/mol. The van der Waals surface area contributed by atoms with Crippen LogP contribution in [0.15, 0.2) is 27.6 Å². The van der Waals surface area contributed by atoms with Crippen molar-refractivity contribution >= 4 is 26.6 Å². The van der Waals surface area contributed by atoms with Crippen LogP contribution < -0.4 is 0 Å². The maximum atomic E-state index is 12.7. The van der Waals surface area contributed by atoms with Crippen LogP contribution in [0.25, 0.3) is 0 Å². The van der Waals surface area contributed by atoms with Crippen LogP contribution in [-0.2, 0) is 10.7 Å². The molecule has 0 saturated heterocycles. The molecule has 0 unspecified atom stereocenters. The van der Waals surface area contributed by atoms with Gasteiger partial charge in [-0.05, 0) is 28.1 Å². The highest BCUT2D eigenvalue weighted by atomic mass is 79.9. The first-order valence-corrected chi connectivity index (χ1v) is 4.68. The van der Waals surface area contributed by atoms with Crippen LogP contribution >= 0.6 is 15.9 Å². The molecule has 0 atom stereocenters. The van der Waals surface area contributed by atoms with Gasteiger partial charge in [0.05, 0.1) is 0 Å². The number of benzene rings is 1. The Labute approximate surface area is 73.1 Å². The molecule has 0 aliphatic heterocycles. The standard InChI is InChI=1S/C6H4BrFO2S/c7-4-2-1-3-5(8)6(4)11(9)10/h1-3,11H. The molecule has 0 bridgehead atoms. The van der Waals surface area contributed by atoms with Gasteiger partial charge in [0.2, 0.25) is 0 Å². The van der Waals surface area contributed by atoms with Crippen LogP contribution in [0, 0.1) is 5.82 Å². The fourth-order valence-corrected chi connectivity index (χ4v) is 1.94. The Bertz CT molecular complexity index is 320. The van der Waals surface area contributed by atoms with Crippen molar-refractivity contribution in [3.8, 4) is 0 Å². The van der Waals surface area contributed by atoms with Gasteiger partial charge in [-0.1, -0.05) is 6.07 Å². The van der Waals surface area contributed by atoms with Gasteiger partial charge in [-0.3, -0.25) is 0 Å². The molecule has 2 nitrogen and oxygen atoms in total. The highest BCUT2D eigenvalue weighted by molar-refractivity contribution is 9.10. The fraction of sp³-hybridized carbons (Fsp3) is 0. The van der Waals surface area contributed by atoms with Crippen molar-refractivity contribution in [2.75, 3.05) is 0 Å². The van der Waals surface area contributed by atoms with Crippen molar-refractivity contribution in [2.45, 2.75) is 4.90 Å². The number of hydrogen-bond donors (Lipinski definition) is 1. The van der Waals surface area contributed by atoms with Crippen LogP contribution in [0.2, 0.25) is 0 Å². The zero-order valence-electron chi connectivity index (χ0n) is 5.25. The van der Waals surface area contributed by atoms with Crippen molar-refractivity contribution in [2.24, 2.45) is 0 Å². The van der Waals surface area contributed by atoms with Crippen molar-refractivity contribution in [3.05, 3.63) is 28.5 Å². The Morgan fingerprint density at radius 3 is 2.36 bits per heavy atom. The summed E-state index contributed by atoms with van der Waals surface area (Å²) in [5.41, 5.74) is 0. The first kappa shape index (κ1) is 8.67. The van der Waals surface area contributed by atoms with Gasteiger partial charge in [0, 0.05) is 4.47 Å². The second kappa shape index (κ2) is 3.32. The molecule has 0 aromatic heterocycles. The minimum Gasteiger partial charge on any atom is -0.227 e. The third-order valence-electron chi connectivity index (χ3n) is 1.12. The summed E-state index contributed by atoms with van der Waals surface area (Å²) in [6.07, 6.45) is 0. The summed E-state index contributed by atoms with van der Waals surface area (Å²) >= 11 is 2.92. The summed E-state index contributed by atoms with van der Waals surface area (Å²) in [5, 5.41) is 0. The van der Waals surface area contributed by atoms with E-state index in [-0.39, 0.29) is 9.37 Å². The van der Waals surface area contributed by atoms with Crippen LogP contribution in [0.1, 0.15) is 0 Å². The van der Waals surface area contributed by atoms with E-state index in [1.807, 2.05) is 0 Å². The predicted molar refractivity (Wildman–Crippen MR) is 42.7 cm³/mol. The van der Waals surface area contributed by atoms with E-state index >= 15 is 0 Å². The summed E-state index contributed by atoms with van der Waals surface area (Å²) in [7, 11) is -2.86. The molecule has 0 amide bonds. The Kier molecular flexibility index (Phi) is 2.62. The Morgan fingerprint density at radius 1 is 1.36 bits per heavy atom. The van der Waals surface area contributed by atoms with Crippen LogP contribution in [0.5, 0.6) is 0 Å². The van der Waals surface area contributed by atoms with Crippen molar-refractivity contribution in [1.82, 2.24) is 0 Å². The average Bonchev–Trinajstić information content (AvgIpc) is 1.85. The average molecular weight is 239 g/mol. The van der Waals surface area contributed by atoms with E-state index in [0.29, 0.717) is 0 Å². The smallest absolute Gasteiger partial charge is 0.172 e. The number of hydrogen-bond acceptors (Lipinski definition) is 2. The fourth-order valence-electron chi connectivity index (χ4n) is 0.663. The lowest BCUT2D eigenvalue weighted by atomic mass is 10.3. The normalized spacial score (nSPS) is 10.5. The van der Waals surface area contributed by atoms with Gasteiger partial charge < -0.3 is 0 Å². The van der Waals surface area contributed by atoms with Crippen molar-refractivity contribution in [3.63, 3.8) is 0 Å². The minimum absolute atomic E-state index is 0.258. The van der Waals surface area contributed by atoms with Crippen molar-refractivity contribution < 1.29 is 12.8 Å². The van der Waals surface area contributed by atoms with Gasteiger partial charge in [-0.2, -0.15) is 0 Å². The molecule has 0 saturated carbocycles. The van der Waals surface area contributed by atoms with Gasteiger partial charge in [0.15, 0.2) is 10.7 Å². The third kappa shape index (κ3) is 1.78. The SMILES string of the molecule is O=[SH](=O)c1c(F)cccc1Br. The van der Waals surface area contributed by atoms with Gasteiger partial charge in [0.1, 0.15) is 10.7 Å². The summed E-state index contributed by atoms with van der Waals surface area (Å²) < 4.78 is 33.8. The second-order valence-electron chi connectivity index (χ2n) is 1.83. The highest BCUT2D eigenvalue weighted by Crippen LogP contribution is 2.20. The third-order valence-corrected chi connectivity index (χ3v) is 2.91. The molecule has 0 aliphatic carbocycles. The molecule has 1 aromatic carbocycles. The van der Waals surface area contributed by atoms with Crippen LogP contribution in [0.4, 0.5) is 4.39 Å². The summed E-state index contributed by atoms with van der Waals surface area (Å²) in [6, 6.07) is 4.01. The molecule has 1 aromatic rings. The molecule has 5 heteroatoms. The highest BCUT2D eigenvalue weighted by Gasteiger charge is 2.07. The van der Waals surface area contributed by atoms with Crippen LogP contribution in [-0.4, -0.2) is 8.42 Å². The molecule has 0 fully saturated rings. The van der Waals surface area contributed by atoms with Gasteiger partial charge in [0.25, 0.3) is 0 Å². The number of halogens is 2. The molecule has 60 valence electrons. The Morgan fingerprint density at radius 2 is 2.00 bits per heavy atom. The Balaban J connectivity index is 3.44. The summed E-state index contributed by atoms with van der Waals surface area (Å²) in [5.74, 6) is -0.726. The molecule has 0 N–H and O–H groups in total. The predicted octanol–water partition coefficient (Wildman–Crippen LogP) is 1.56. The van der Waals surface area contributed by atoms with E-state index in [0.717, 1.165) is 6.07 Å². The van der Waals surface area contributed by atoms with E-state index in [4.69, 9.17) is 0 Å². The molecule has 11 heavy (non-hydrogen) atoms. The van der Waals surface area contributed by atoms with Crippen molar-refractivity contribution in [1.29, 1.82) is 0 Å². The van der Waals surface area contributed by atoms with E-state index < -0.39 is 16.5 Å². The van der Waals surface area contributed by atoms with E-state index in [1.165, 1.54) is 12.1 Å². The largest absolute Gasteiger partial charge is 0.227 e. The quantitative estimate of drug-likeness (QED) is 0.754. The topological polar surface area (TPSA) is 34.1 Å². The molecule has 0 radical (unpaired) electrons. The van der Waals surface area contributed by atoms with E-state index in [1.54, 1.807) is 0 Å². The number of rotatable bonds is 1. The van der Waals surface area contributed by atoms with Crippen LogP contribution in [0.3, 0.4) is 0 Å². The maximum absolute atomic E-state index is 12.7. The molecule has 0 aliphatic rings. The molecule has 0 heterocycles. The molecule has 0 spiro atoms. The summed E-state index contributed by atoms with van der Waals surface area (Å²) in [6.45, 7) is 0. The van der Waals surface area contributed by atoms with E-state index in [9.17, 15) is 12.8 Å². The lowest BCUT2D eigenvalue weighted by molar-refractivity contribution is 0.576. The van der Waals surface area contributed by atoms with Gasteiger partial charge >= 0.3 is 0 Å². The van der Waals surface area contributed by atoms with Gasteiger partial charge in [-0.25, -0.2) is 12.8 Å². The lowest BCUT2D eigenvalue weighted by Crippen LogP contribution is -1.87. The zero-order valence-corrected chi connectivity index (χ0v) is 7.73. The summed E-state index contributed by atoms with van der Waals surface area (Å²) in [4.78, 5) is -0.289. The number of thiol groups is 1. The van der Waals surface area contributed by atoms with Gasteiger partial charge in [-0.15, -0.1) is 0 Å². The Hall–Kier alpha value is -0.420. The molecular formula is C6H4BrFO2S. The monoisotopic (exact) mass is 238 g/mol. The minimum atomic E-state index is -2.86. The molecule has 1 rings (SSSR count). The first-order chi connectivity index (χ1) is 5.13.